The molecule has 0 amide bonds. The molecule has 1 aliphatic rings. The molecule has 230 valence electrons. The maximum absolute atomic E-state index is 12.5. The molecule has 0 saturated carbocycles. The number of methoxy groups -OCH3 is 1. The molecule has 44 heavy (non-hydrogen) atoms. The van der Waals surface area contributed by atoms with Gasteiger partial charge in [0.2, 0.25) is 0 Å². The summed E-state index contributed by atoms with van der Waals surface area (Å²) in [6.45, 7) is 5.96. The van der Waals surface area contributed by atoms with Crippen molar-refractivity contribution in [3.63, 3.8) is 0 Å². The average molecular weight is 614 g/mol. The van der Waals surface area contributed by atoms with Crippen LogP contribution in [0.2, 0.25) is 5.02 Å². The fourth-order valence-corrected chi connectivity index (χ4v) is 5.49. The second kappa shape index (κ2) is 15.1. The number of carbonyl (C=O) groups excluding carboxylic acids is 1. The van der Waals surface area contributed by atoms with Gasteiger partial charge in [-0.1, -0.05) is 48.0 Å². The third kappa shape index (κ3) is 8.32. The van der Waals surface area contributed by atoms with Crippen LogP contribution < -0.4 is 14.4 Å². The molecule has 0 atom stereocenters. The molecule has 1 saturated heterocycles. The molecule has 4 aromatic carbocycles. The number of halogens is 1. The lowest BCUT2D eigenvalue weighted by atomic mass is 9.98. The largest absolute Gasteiger partial charge is 0.494 e. The quantitative estimate of drug-likeness (QED) is 0.123. The van der Waals surface area contributed by atoms with E-state index in [2.05, 4.69) is 59.1 Å². The Labute approximate surface area is 265 Å². The van der Waals surface area contributed by atoms with Crippen LogP contribution in [0.5, 0.6) is 17.2 Å². The second-order valence-electron chi connectivity index (χ2n) is 11.2. The first-order valence-electron chi connectivity index (χ1n) is 15.0. The topological polar surface area (TPSA) is 54.5 Å². The van der Waals surface area contributed by atoms with Gasteiger partial charge in [0.05, 0.1) is 13.7 Å². The highest BCUT2D eigenvalue weighted by atomic mass is 35.5. The molecular weight excluding hydrogens is 574 g/mol. The molecule has 7 nitrogen and oxygen atoms in total. The second-order valence-corrected chi connectivity index (χ2v) is 11.6. The molecule has 0 N–H and O–H groups in total. The zero-order valence-electron chi connectivity index (χ0n) is 25.7. The van der Waals surface area contributed by atoms with Gasteiger partial charge in [0.25, 0.3) is 0 Å². The van der Waals surface area contributed by atoms with Crippen LogP contribution in [0.1, 0.15) is 22.3 Å². The Kier molecular flexibility index (Phi) is 10.8. The third-order valence-electron chi connectivity index (χ3n) is 7.72. The Bertz CT molecular complexity index is 1520. The van der Waals surface area contributed by atoms with Gasteiger partial charge in [-0.2, -0.15) is 0 Å². The molecule has 8 heteroatoms. The van der Waals surface area contributed by atoms with E-state index in [1.54, 1.807) is 6.07 Å². The van der Waals surface area contributed by atoms with Gasteiger partial charge >= 0.3 is 5.97 Å². The minimum atomic E-state index is -0.423. The molecule has 0 unspecified atom stereocenters. The van der Waals surface area contributed by atoms with E-state index >= 15 is 0 Å². The number of ether oxygens (including phenoxy) is 3. The van der Waals surface area contributed by atoms with Crippen molar-refractivity contribution in [2.24, 2.45) is 0 Å². The SMILES string of the molecule is COC(=O)c1ccc(N2CCN(Cc3cc(OCCCN(C)C)ccc3-c3ccc(Cl)cc3)CC2)cc1Oc1ccccc1. The standard InChI is InChI=1S/C36H40ClN3O4/c1-38(2)18-7-23-43-32-15-17-33(27-10-12-29(37)13-11-27)28(24-32)26-39-19-21-40(22-20-39)30-14-16-34(36(41)42-3)35(25-30)44-31-8-5-4-6-9-31/h4-6,8-17,24-25H,7,18-23,26H2,1-3H3. The number of nitrogens with zero attached hydrogens (tertiary/aromatic N) is 3. The van der Waals surface area contributed by atoms with E-state index in [0.717, 1.165) is 67.7 Å². The molecule has 1 fully saturated rings. The summed E-state index contributed by atoms with van der Waals surface area (Å²) in [5.41, 5.74) is 4.96. The first-order chi connectivity index (χ1) is 21.4. The van der Waals surface area contributed by atoms with Crippen LogP contribution in [-0.4, -0.2) is 76.3 Å². The fourth-order valence-electron chi connectivity index (χ4n) is 5.36. The van der Waals surface area contributed by atoms with Gasteiger partial charge in [-0.25, -0.2) is 4.79 Å². The number of carbonyl (C=O) groups is 1. The number of hydrogen-bond acceptors (Lipinski definition) is 7. The average Bonchev–Trinajstić information content (AvgIpc) is 3.04. The lowest BCUT2D eigenvalue weighted by Gasteiger charge is -2.36. The number of benzene rings is 4. The van der Waals surface area contributed by atoms with Crippen LogP contribution in [0, 0.1) is 0 Å². The van der Waals surface area contributed by atoms with Gasteiger partial charge in [0.1, 0.15) is 22.8 Å². The van der Waals surface area contributed by atoms with Crippen LogP contribution in [0.4, 0.5) is 5.69 Å². The van der Waals surface area contributed by atoms with Crippen LogP contribution in [-0.2, 0) is 11.3 Å². The Balaban J connectivity index is 1.29. The van der Waals surface area contributed by atoms with Crippen molar-refractivity contribution in [1.29, 1.82) is 0 Å². The highest BCUT2D eigenvalue weighted by Gasteiger charge is 2.22. The van der Waals surface area contributed by atoms with Crippen LogP contribution in [0.25, 0.3) is 11.1 Å². The van der Waals surface area contributed by atoms with Gasteiger partial charge in [-0.05, 0) is 85.7 Å². The normalized spacial score (nSPS) is 13.6. The highest BCUT2D eigenvalue weighted by Crippen LogP contribution is 2.33. The maximum Gasteiger partial charge on any atom is 0.341 e. The monoisotopic (exact) mass is 613 g/mol. The Morgan fingerprint density at radius 3 is 2.32 bits per heavy atom. The van der Waals surface area contributed by atoms with Crippen LogP contribution >= 0.6 is 11.6 Å². The van der Waals surface area contributed by atoms with Crippen LogP contribution in [0.15, 0.2) is 91.0 Å². The number of hydrogen-bond donors (Lipinski definition) is 0. The van der Waals surface area contributed by atoms with E-state index < -0.39 is 5.97 Å². The van der Waals surface area contributed by atoms with E-state index in [4.69, 9.17) is 25.8 Å². The Hall–Kier alpha value is -4.04. The summed E-state index contributed by atoms with van der Waals surface area (Å²) in [6.07, 6.45) is 0.974. The van der Waals surface area contributed by atoms with Gasteiger partial charge in [0.15, 0.2) is 0 Å². The van der Waals surface area contributed by atoms with E-state index in [0.29, 0.717) is 23.7 Å². The van der Waals surface area contributed by atoms with Gasteiger partial charge in [0, 0.05) is 56.0 Å². The highest BCUT2D eigenvalue weighted by molar-refractivity contribution is 6.30. The summed E-state index contributed by atoms with van der Waals surface area (Å²) in [7, 11) is 5.54. The molecule has 0 spiro atoms. The first kappa shape index (κ1) is 31.4. The molecule has 1 heterocycles. The number of piperazine rings is 1. The minimum Gasteiger partial charge on any atom is -0.494 e. The number of para-hydroxylation sites is 1. The van der Waals surface area contributed by atoms with Crippen molar-refractivity contribution < 1.29 is 19.0 Å². The van der Waals surface area contributed by atoms with Crippen molar-refractivity contribution in [2.75, 3.05) is 65.4 Å². The smallest absolute Gasteiger partial charge is 0.341 e. The van der Waals surface area contributed by atoms with Crippen molar-refractivity contribution in [2.45, 2.75) is 13.0 Å². The van der Waals surface area contributed by atoms with E-state index in [-0.39, 0.29) is 0 Å². The molecular formula is C36H40ClN3O4. The van der Waals surface area contributed by atoms with Crippen LogP contribution in [0.3, 0.4) is 0 Å². The molecule has 4 aromatic rings. The molecule has 0 aliphatic carbocycles. The van der Waals surface area contributed by atoms with Crippen molar-refractivity contribution >= 4 is 23.3 Å². The molecule has 1 aliphatic heterocycles. The van der Waals surface area contributed by atoms with Crippen molar-refractivity contribution in [3.8, 4) is 28.4 Å². The van der Waals surface area contributed by atoms with Crippen molar-refractivity contribution in [1.82, 2.24) is 9.80 Å². The van der Waals surface area contributed by atoms with Crippen molar-refractivity contribution in [3.05, 3.63) is 107 Å². The summed E-state index contributed by atoms with van der Waals surface area (Å²) in [4.78, 5) is 19.4. The van der Waals surface area contributed by atoms with E-state index in [1.807, 2.05) is 54.6 Å². The molecule has 0 aromatic heterocycles. The lowest BCUT2D eigenvalue weighted by molar-refractivity contribution is 0.0598. The Morgan fingerprint density at radius 1 is 0.864 bits per heavy atom. The predicted molar refractivity (Wildman–Crippen MR) is 177 cm³/mol. The van der Waals surface area contributed by atoms with Gasteiger partial charge in [-0.15, -0.1) is 0 Å². The summed E-state index contributed by atoms with van der Waals surface area (Å²) in [5, 5.41) is 0.726. The number of rotatable bonds is 12. The lowest BCUT2D eigenvalue weighted by Crippen LogP contribution is -2.46. The van der Waals surface area contributed by atoms with Gasteiger partial charge in [-0.3, -0.25) is 4.90 Å². The first-order valence-corrected chi connectivity index (χ1v) is 15.4. The predicted octanol–water partition coefficient (Wildman–Crippen LogP) is 7.24. The summed E-state index contributed by atoms with van der Waals surface area (Å²) >= 11 is 6.19. The molecule has 5 rings (SSSR count). The third-order valence-corrected chi connectivity index (χ3v) is 7.98. The Morgan fingerprint density at radius 2 is 1.61 bits per heavy atom. The summed E-state index contributed by atoms with van der Waals surface area (Å²) in [6, 6.07) is 29.6. The molecule has 0 radical (unpaired) electrons. The summed E-state index contributed by atoms with van der Waals surface area (Å²) in [5.74, 6) is 1.62. The number of esters is 1. The maximum atomic E-state index is 12.5. The summed E-state index contributed by atoms with van der Waals surface area (Å²) < 4.78 is 17.3. The number of anilines is 1. The van der Waals surface area contributed by atoms with E-state index in [1.165, 1.54) is 18.2 Å². The zero-order chi connectivity index (χ0) is 30.9. The zero-order valence-corrected chi connectivity index (χ0v) is 26.4. The minimum absolute atomic E-state index is 0.400. The molecule has 0 bridgehead atoms. The van der Waals surface area contributed by atoms with E-state index in [9.17, 15) is 4.79 Å². The van der Waals surface area contributed by atoms with Gasteiger partial charge < -0.3 is 24.0 Å². The fraction of sp³-hybridized carbons (Fsp3) is 0.306.